The van der Waals surface area contributed by atoms with Crippen molar-refractivity contribution in [1.82, 2.24) is 0 Å². The smallest absolute Gasteiger partial charge is 0.306 e. The molecule has 65 heavy (non-hydrogen) atoms. The molecule has 0 aliphatic heterocycles. The summed E-state index contributed by atoms with van der Waals surface area (Å²) in [6, 6.07) is 0. The van der Waals surface area contributed by atoms with Crippen LogP contribution in [0.4, 0.5) is 0 Å². The average Bonchev–Trinajstić information content (AvgIpc) is 3.27. The van der Waals surface area contributed by atoms with Gasteiger partial charge in [0.15, 0.2) is 12.4 Å². The quantitative estimate of drug-likeness (QED) is 0.0195. The minimum Gasteiger partial charge on any atom is -0.545 e. The number of likely N-dealkylation sites (N-methyl/N-ethyl adjacent to an activating group) is 1. The molecule has 9 heteroatoms. The first-order valence-electron chi connectivity index (χ1n) is 27.1. The van der Waals surface area contributed by atoms with E-state index in [9.17, 15) is 19.5 Å². The van der Waals surface area contributed by atoms with E-state index in [0.29, 0.717) is 23.9 Å². The Labute approximate surface area is 400 Å². The maximum absolute atomic E-state index is 12.8. The maximum Gasteiger partial charge on any atom is 0.306 e. The Kier molecular flexibility index (Phi) is 46.1. The number of esters is 2. The van der Waals surface area contributed by atoms with Crippen molar-refractivity contribution in [3.05, 3.63) is 36.5 Å². The zero-order valence-corrected chi connectivity index (χ0v) is 43.1. The van der Waals surface area contributed by atoms with Crippen molar-refractivity contribution in [2.45, 2.75) is 257 Å². The van der Waals surface area contributed by atoms with E-state index in [1.807, 2.05) is 21.1 Å². The molecule has 0 saturated carbocycles. The molecule has 2 atom stereocenters. The standard InChI is InChI=1S/C56H103NO8/c1-6-8-10-12-14-16-18-20-22-23-24-25-26-27-28-29-30-31-33-35-37-39-41-43-45-47-54(59)65-52(51-64-56(55(60)61)62-49-48-57(3,4)5)50-63-53(58)46-44-42-40-38-36-34-32-21-19-17-15-13-11-9-7-2/h18,20,23-24,26-27,52,56H,6-17,19,21-22,25,28-51H2,1-5H3/b20-18-,24-23-,27-26-. The lowest BCUT2D eigenvalue weighted by atomic mass is 10.0. The number of carbonyl (C=O) groups is 3. The highest BCUT2D eigenvalue weighted by Crippen LogP contribution is 2.16. The van der Waals surface area contributed by atoms with Crippen molar-refractivity contribution in [3.8, 4) is 0 Å². The number of hydrogen-bond acceptors (Lipinski definition) is 8. The minimum atomic E-state index is -1.62. The molecule has 0 bridgehead atoms. The number of quaternary nitrogens is 1. The SMILES string of the molecule is CCCCCCC/C=C\C/C=C\C/C=C\CCCCCCCCCCCCC(=O)OC(COC(=O)CCCCCCCCCCCCCCCCC)COC(OCC[N+](C)(C)C)C(=O)[O-]. The highest BCUT2D eigenvalue weighted by Gasteiger charge is 2.22. The number of allylic oxidation sites excluding steroid dienone is 6. The van der Waals surface area contributed by atoms with Crippen LogP contribution in [0.25, 0.3) is 0 Å². The van der Waals surface area contributed by atoms with Crippen molar-refractivity contribution >= 4 is 17.9 Å². The highest BCUT2D eigenvalue weighted by molar-refractivity contribution is 5.70. The van der Waals surface area contributed by atoms with Gasteiger partial charge >= 0.3 is 11.9 Å². The third kappa shape index (κ3) is 49.2. The molecule has 0 spiro atoms. The monoisotopic (exact) mass is 918 g/mol. The van der Waals surface area contributed by atoms with Crippen LogP contribution >= 0.6 is 0 Å². The lowest BCUT2D eigenvalue weighted by molar-refractivity contribution is -0.870. The highest BCUT2D eigenvalue weighted by atomic mass is 16.7. The lowest BCUT2D eigenvalue weighted by Crippen LogP contribution is -2.44. The van der Waals surface area contributed by atoms with E-state index in [0.717, 1.165) is 51.4 Å². The molecule has 0 saturated heterocycles. The Bertz CT molecular complexity index is 1160. The molecular formula is C56H103NO8. The second-order valence-electron chi connectivity index (χ2n) is 19.5. The van der Waals surface area contributed by atoms with Crippen LogP contribution < -0.4 is 5.11 Å². The molecule has 0 aromatic heterocycles. The Morgan fingerprint density at radius 2 is 0.831 bits per heavy atom. The third-order valence-electron chi connectivity index (χ3n) is 11.9. The van der Waals surface area contributed by atoms with Gasteiger partial charge in [0.25, 0.3) is 0 Å². The normalized spacial score (nSPS) is 13.1. The zero-order chi connectivity index (χ0) is 47.7. The summed E-state index contributed by atoms with van der Waals surface area (Å²) >= 11 is 0. The summed E-state index contributed by atoms with van der Waals surface area (Å²) in [7, 11) is 5.92. The van der Waals surface area contributed by atoms with Gasteiger partial charge in [0.2, 0.25) is 0 Å². The van der Waals surface area contributed by atoms with Crippen molar-refractivity contribution in [1.29, 1.82) is 0 Å². The van der Waals surface area contributed by atoms with Gasteiger partial charge in [-0.25, -0.2) is 0 Å². The number of hydrogen-bond donors (Lipinski definition) is 0. The number of aliphatic carboxylic acids is 1. The summed E-state index contributed by atoms with van der Waals surface area (Å²) in [5.41, 5.74) is 0. The Morgan fingerprint density at radius 1 is 0.462 bits per heavy atom. The van der Waals surface area contributed by atoms with E-state index in [4.69, 9.17) is 18.9 Å². The topological polar surface area (TPSA) is 111 Å². The summed E-state index contributed by atoms with van der Waals surface area (Å²) in [6.07, 6.45) is 53.2. The number of nitrogens with zero attached hydrogens (tertiary/aromatic N) is 1. The summed E-state index contributed by atoms with van der Waals surface area (Å²) in [5.74, 6) is -2.28. The van der Waals surface area contributed by atoms with Crippen molar-refractivity contribution in [2.24, 2.45) is 0 Å². The molecule has 9 nitrogen and oxygen atoms in total. The molecule has 0 aliphatic rings. The molecule has 0 rings (SSSR count). The lowest BCUT2D eigenvalue weighted by Gasteiger charge is -2.26. The van der Waals surface area contributed by atoms with Crippen LogP contribution in [0, 0.1) is 0 Å². The molecule has 0 N–H and O–H groups in total. The van der Waals surface area contributed by atoms with Crippen LogP contribution in [0.2, 0.25) is 0 Å². The van der Waals surface area contributed by atoms with E-state index in [1.165, 1.54) is 161 Å². The fraction of sp³-hybridized carbons (Fsp3) is 0.839. The van der Waals surface area contributed by atoms with Gasteiger partial charge in [0.05, 0.1) is 40.3 Å². The molecule has 2 unspecified atom stereocenters. The molecular weight excluding hydrogens is 815 g/mol. The first-order chi connectivity index (χ1) is 31.6. The van der Waals surface area contributed by atoms with Gasteiger partial charge in [-0.15, -0.1) is 0 Å². The first-order valence-corrected chi connectivity index (χ1v) is 27.1. The van der Waals surface area contributed by atoms with Crippen LogP contribution in [-0.2, 0) is 33.3 Å². The molecule has 0 aliphatic carbocycles. The summed E-state index contributed by atoms with van der Waals surface area (Å²) in [5, 5.41) is 11.7. The van der Waals surface area contributed by atoms with Crippen molar-refractivity contribution < 1.29 is 42.9 Å². The fourth-order valence-electron chi connectivity index (χ4n) is 7.66. The van der Waals surface area contributed by atoms with Gasteiger partial charge in [-0.3, -0.25) is 9.59 Å². The summed E-state index contributed by atoms with van der Waals surface area (Å²) in [4.78, 5) is 37.2. The molecule has 0 fully saturated rings. The number of carboxylic acids is 1. The number of carboxylic acid groups (broad SMARTS) is 1. The molecule has 0 aromatic carbocycles. The first kappa shape index (κ1) is 62.5. The van der Waals surface area contributed by atoms with Gasteiger partial charge < -0.3 is 33.3 Å². The second-order valence-corrected chi connectivity index (χ2v) is 19.5. The number of unbranched alkanes of at least 4 members (excludes halogenated alkanes) is 29. The van der Waals surface area contributed by atoms with E-state index in [1.54, 1.807) is 0 Å². The largest absolute Gasteiger partial charge is 0.545 e. The van der Waals surface area contributed by atoms with E-state index in [2.05, 4.69) is 50.3 Å². The van der Waals surface area contributed by atoms with Gasteiger partial charge in [-0.05, 0) is 51.4 Å². The molecule has 0 aromatic rings. The Balaban J connectivity index is 4.27. The average molecular weight is 918 g/mol. The van der Waals surface area contributed by atoms with Crippen LogP contribution in [0.3, 0.4) is 0 Å². The second kappa shape index (κ2) is 48.0. The predicted molar refractivity (Wildman–Crippen MR) is 269 cm³/mol. The number of carbonyl (C=O) groups excluding carboxylic acids is 3. The maximum atomic E-state index is 12.8. The fourth-order valence-corrected chi connectivity index (χ4v) is 7.66. The Hall–Kier alpha value is -2.49. The number of rotatable bonds is 50. The molecule has 0 heterocycles. The Morgan fingerprint density at radius 3 is 1.23 bits per heavy atom. The van der Waals surface area contributed by atoms with E-state index < -0.39 is 24.3 Å². The van der Waals surface area contributed by atoms with Gasteiger partial charge in [-0.1, -0.05) is 217 Å². The van der Waals surface area contributed by atoms with Gasteiger partial charge in [0, 0.05) is 12.8 Å². The summed E-state index contributed by atoms with van der Waals surface area (Å²) < 4.78 is 22.7. The van der Waals surface area contributed by atoms with Crippen LogP contribution in [0.1, 0.15) is 245 Å². The number of ether oxygens (including phenoxy) is 4. The molecule has 380 valence electrons. The minimum absolute atomic E-state index is 0.148. The van der Waals surface area contributed by atoms with E-state index in [-0.39, 0.29) is 32.2 Å². The van der Waals surface area contributed by atoms with Crippen LogP contribution in [0.5, 0.6) is 0 Å². The third-order valence-corrected chi connectivity index (χ3v) is 11.9. The molecule has 0 radical (unpaired) electrons. The molecule has 0 amide bonds. The van der Waals surface area contributed by atoms with Gasteiger partial charge in [0.1, 0.15) is 13.2 Å². The van der Waals surface area contributed by atoms with Crippen molar-refractivity contribution in [2.75, 3.05) is 47.5 Å². The van der Waals surface area contributed by atoms with Crippen LogP contribution in [0.15, 0.2) is 36.5 Å². The van der Waals surface area contributed by atoms with Crippen LogP contribution in [-0.4, -0.2) is 82.3 Å². The predicted octanol–water partition coefficient (Wildman–Crippen LogP) is 14.0. The van der Waals surface area contributed by atoms with Crippen molar-refractivity contribution in [3.63, 3.8) is 0 Å². The summed E-state index contributed by atoms with van der Waals surface area (Å²) in [6.45, 7) is 4.75. The van der Waals surface area contributed by atoms with E-state index >= 15 is 0 Å². The van der Waals surface area contributed by atoms with Gasteiger partial charge in [-0.2, -0.15) is 0 Å². The zero-order valence-electron chi connectivity index (χ0n) is 43.1.